The van der Waals surface area contributed by atoms with Crippen molar-refractivity contribution in [3.8, 4) is 0 Å². The third-order valence-electron chi connectivity index (χ3n) is 4.82. The molecular formula is C20H27N5S. The topological polar surface area (TPSA) is 53.9 Å². The zero-order valence-electron chi connectivity index (χ0n) is 16.2. The number of hydrogen-bond donors (Lipinski definition) is 1. The highest BCUT2D eigenvalue weighted by molar-refractivity contribution is 7.18. The second-order valence-corrected chi connectivity index (χ2v) is 7.74. The summed E-state index contributed by atoms with van der Waals surface area (Å²) in [4.78, 5) is 18.9. The molecule has 138 valence electrons. The molecule has 0 aliphatic carbocycles. The molecule has 5 nitrogen and oxygen atoms in total. The quantitative estimate of drug-likeness (QED) is 0.653. The van der Waals surface area contributed by atoms with Crippen LogP contribution in [0.2, 0.25) is 0 Å². The Morgan fingerprint density at radius 3 is 2.58 bits per heavy atom. The van der Waals surface area contributed by atoms with Crippen LogP contribution < -0.4 is 5.32 Å². The van der Waals surface area contributed by atoms with E-state index in [1.807, 2.05) is 24.4 Å². The van der Waals surface area contributed by atoms with Crippen LogP contribution in [0.3, 0.4) is 0 Å². The third-order valence-corrected chi connectivity index (χ3v) is 5.92. The van der Waals surface area contributed by atoms with Gasteiger partial charge in [0.15, 0.2) is 0 Å². The number of thiophene rings is 1. The Morgan fingerprint density at radius 1 is 1.15 bits per heavy atom. The number of hydrogen-bond acceptors (Lipinski definition) is 6. The van der Waals surface area contributed by atoms with Crippen LogP contribution >= 0.6 is 11.3 Å². The zero-order chi connectivity index (χ0) is 18.7. The van der Waals surface area contributed by atoms with E-state index in [-0.39, 0.29) is 6.04 Å². The Labute approximate surface area is 159 Å². The number of nitrogens with zero attached hydrogens (tertiary/aromatic N) is 4. The Hall–Kier alpha value is -2.05. The molecule has 3 aromatic rings. The van der Waals surface area contributed by atoms with Crippen LogP contribution in [0.4, 0.5) is 5.82 Å². The highest BCUT2D eigenvalue weighted by Gasteiger charge is 2.17. The maximum Gasteiger partial charge on any atom is 0.146 e. The normalized spacial score (nSPS) is 12.7. The van der Waals surface area contributed by atoms with Gasteiger partial charge in [-0.3, -0.25) is 9.88 Å². The van der Waals surface area contributed by atoms with E-state index >= 15 is 0 Å². The lowest BCUT2D eigenvalue weighted by atomic mass is 10.1. The molecule has 0 aromatic carbocycles. The van der Waals surface area contributed by atoms with Crippen molar-refractivity contribution in [3.05, 3.63) is 46.4 Å². The molecule has 0 aliphatic rings. The average Bonchev–Trinajstić information content (AvgIpc) is 2.94. The van der Waals surface area contributed by atoms with Crippen LogP contribution in [0.5, 0.6) is 0 Å². The van der Waals surface area contributed by atoms with Gasteiger partial charge in [-0.25, -0.2) is 9.97 Å². The van der Waals surface area contributed by atoms with Crippen molar-refractivity contribution in [3.63, 3.8) is 0 Å². The van der Waals surface area contributed by atoms with Crippen LogP contribution in [0.25, 0.3) is 10.2 Å². The molecule has 0 aliphatic heterocycles. The van der Waals surface area contributed by atoms with Gasteiger partial charge in [0.25, 0.3) is 0 Å². The smallest absolute Gasteiger partial charge is 0.146 e. The molecule has 0 unspecified atom stereocenters. The molecule has 0 spiro atoms. The van der Waals surface area contributed by atoms with Crippen molar-refractivity contribution in [1.82, 2.24) is 19.9 Å². The summed E-state index contributed by atoms with van der Waals surface area (Å²) in [5, 5.41) is 4.72. The first-order valence-electron chi connectivity index (χ1n) is 9.19. The first-order chi connectivity index (χ1) is 12.5. The largest absolute Gasteiger partial charge is 0.361 e. The van der Waals surface area contributed by atoms with Crippen LogP contribution in [-0.4, -0.2) is 32.9 Å². The molecule has 26 heavy (non-hydrogen) atoms. The number of aromatic nitrogens is 3. The number of fused-ring (bicyclic) bond motifs is 1. The predicted octanol–water partition coefficient (Wildman–Crippen LogP) is 4.72. The highest BCUT2D eigenvalue weighted by Crippen LogP contribution is 2.34. The molecule has 0 bridgehead atoms. The molecule has 1 N–H and O–H groups in total. The Kier molecular flexibility index (Phi) is 5.84. The van der Waals surface area contributed by atoms with Crippen LogP contribution in [0.15, 0.2) is 24.4 Å². The van der Waals surface area contributed by atoms with E-state index in [0.717, 1.165) is 47.2 Å². The summed E-state index contributed by atoms with van der Waals surface area (Å²) < 4.78 is 0. The number of nitrogens with one attached hydrogen (secondary N) is 1. The van der Waals surface area contributed by atoms with Gasteiger partial charge in [0, 0.05) is 11.1 Å². The number of rotatable bonds is 7. The summed E-state index contributed by atoms with van der Waals surface area (Å²) in [7, 11) is 0. The molecule has 3 rings (SSSR count). The second-order valence-electron chi connectivity index (χ2n) is 6.53. The standard InChI is InChI=1S/C20H27N5S/c1-6-25(7-2)12-17-23-19(18-13(3)15(5)26-20(18)24-17)22-14(4)16-10-8-9-11-21-16/h8-11,14H,6-7,12H2,1-5H3,(H,22,23,24)/t14-/m1/s1. The first kappa shape index (κ1) is 18.7. The lowest BCUT2D eigenvalue weighted by Crippen LogP contribution is -2.23. The summed E-state index contributed by atoms with van der Waals surface area (Å²) in [6.45, 7) is 13.5. The fraction of sp³-hybridized carbons (Fsp3) is 0.450. The maximum atomic E-state index is 4.89. The monoisotopic (exact) mass is 369 g/mol. The van der Waals surface area contributed by atoms with Crippen LogP contribution in [0, 0.1) is 13.8 Å². The fourth-order valence-corrected chi connectivity index (χ4v) is 4.08. The molecule has 3 aromatic heterocycles. The number of aryl methyl sites for hydroxylation is 2. The van der Waals surface area contributed by atoms with E-state index < -0.39 is 0 Å². The summed E-state index contributed by atoms with van der Waals surface area (Å²) >= 11 is 1.75. The van der Waals surface area contributed by atoms with E-state index in [2.05, 4.69) is 49.8 Å². The molecule has 3 heterocycles. The lowest BCUT2D eigenvalue weighted by Gasteiger charge is -2.19. The van der Waals surface area contributed by atoms with Gasteiger partial charge in [-0.05, 0) is 51.6 Å². The summed E-state index contributed by atoms with van der Waals surface area (Å²) in [6.07, 6.45) is 1.83. The predicted molar refractivity (Wildman–Crippen MR) is 110 cm³/mol. The van der Waals surface area contributed by atoms with Crippen molar-refractivity contribution < 1.29 is 0 Å². The van der Waals surface area contributed by atoms with E-state index in [1.165, 1.54) is 10.4 Å². The first-order valence-corrected chi connectivity index (χ1v) is 10.0. The highest BCUT2D eigenvalue weighted by atomic mass is 32.1. The van der Waals surface area contributed by atoms with Crippen molar-refractivity contribution in [2.24, 2.45) is 0 Å². The molecule has 6 heteroatoms. The number of anilines is 1. The van der Waals surface area contributed by atoms with Crippen LogP contribution in [-0.2, 0) is 6.54 Å². The second kappa shape index (κ2) is 8.10. The SMILES string of the molecule is CCN(CC)Cc1nc(N[C@H](C)c2ccccn2)c2c(C)c(C)sc2n1. The summed E-state index contributed by atoms with van der Waals surface area (Å²) in [5.74, 6) is 1.79. The van der Waals surface area contributed by atoms with Gasteiger partial charge in [-0.15, -0.1) is 11.3 Å². The Balaban J connectivity index is 2.00. The maximum absolute atomic E-state index is 4.89. The molecule has 0 saturated heterocycles. The van der Waals surface area contributed by atoms with Gasteiger partial charge in [0.2, 0.25) is 0 Å². The van der Waals surface area contributed by atoms with E-state index in [1.54, 1.807) is 11.3 Å². The van der Waals surface area contributed by atoms with E-state index in [0.29, 0.717) is 0 Å². The summed E-state index contributed by atoms with van der Waals surface area (Å²) in [6, 6.07) is 6.07. The van der Waals surface area contributed by atoms with Gasteiger partial charge in [-0.1, -0.05) is 19.9 Å². The molecule has 1 atom stereocenters. The molecule has 0 fully saturated rings. The summed E-state index contributed by atoms with van der Waals surface area (Å²) in [5.41, 5.74) is 2.27. The zero-order valence-corrected chi connectivity index (χ0v) is 17.0. The molecular weight excluding hydrogens is 342 g/mol. The fourth-order valence-electron chi connectivity index (χ4n) is 3.03. The van der Waals surface area contributed by atoms with Crippen LogP contribution in [0.1, 0.15) is 48.8 Å². The Bertz CT molecular complexity index is 871. The molecule has 0 amide bonds. The van der Waals surface area contributed by atoms with Gasteiger partial charge < -0.3 is 5.32 Å². The molecule has 0 saturated carbocycles. The number of pyridine rings is 1. The van der Waals surface area contributed by atoms with E-state index in [4.69, 9.17) is 9.97 Å². The van der Waals surface area contributed by atoms with Crippen molar-refractivity contribution in [2.45, 2.75) is 47.2 Å². The van der Waals surface area contributed by atoms with Gasteiger partial charge in [0.05, 0.1) is 23.7 Å². The van der Waals surface area contributed by atoms with Crippen molar-refractivity contribution >= 4 is 27.4 Å². The Morgan fingerprint density at radius 2 is 1.92 bits per heavy atom. The van der Waals surface area contributed by atoms with Gasteiger partial charge >= 0.3 is 0 Å². The third kappa shape index (κ3) is 3.86. The van der Waals surface area contributed by atoms with Gasteiger partial charge in [0.1, 0.15) is 16.5 Å². The minimum atomic E-state index is 0.0789. The van der Waals surface area contributed by atoms with E-state index in [9.17, 15) is 0 Å². The minimum Gasteiger partial charge on any atom is -0.361 e. The van der Waals surface area contributed by atoms with Crippen molar-refractivity contribution in [1.29, 1.82) is 0 Å². The van der Waals surface area contributed by atoms with Crippen molar-refractivity contribution in [2.75, 3.05) is 18.4 Å². The van der Waals surface area contributed by atoms with Gasteiger partial charge in [-0.2, -0.15) is 0 Å². The lowest BCUT2D eigenvalue weighted by molar-refractivity contribution is 0.289. The molecule has 0 radical (unpaired) electrons. The average molecular weight is 370 g/mol. The minimum absolute atomic E-state index is 0.0789.